The summed E-state index contributed by atoms with van der Waals surface area (Å²) in [7, 11) is 0. The van der Waals surface area contributed by atoms with Crippen LogP contribution in [0.25, 0.3) is 0 Å². The average Bonchev–Trinajstić information content (AvgIpc) is 3.33. The Bertz CT molecular complexity index is 992. The van der Waals surface area contributed by atoms with E-state index in [0.717, 1.165) is 12.1 Å². The molecule has 2 heterocycles. The number of nitrogens with zero attached hydrogens (tertiary/aromatic N) is 1. The molecule has 0 bridgehead atoms. The van der Waals surface area contributed by atoms with E-state index in [1.807, 2.05) is 0 Å². The van der Waals surface area contributed by atoms with Gasteiger partial charge in [0.2, 0.25) is 18.6 Å². The van der Waals surface area contributed by atoms with Crippen molar-refractivity contribution in [1.82, 2.24) is 5.32 Å². The largest absolute Gasteiger partial charge is 0.454 e. The Morgan fingerprint density at radius 2 is 1.93 bits per heavy atom. The fraction of sp³-hybridized carbons (Fsp3) is 0.333. The van der Waals surface area contributed by atoms with Gasteiger partial charge in [-0.05, 0) is 36.8 Å². The van der Waals surface area contributed by atoms with Gasteiger partial charge in [-0.3, -0.25) is 9.59 Å². The smallest absolute Gasteiger partial charge is 0.416 e. The summed E-state index contributed by atoms with van der Waals surface area (Å²) < 4.78 is 49.3. The minimum absolute atomic E-state index is 0.0234. The van der Waals surface area contributed by atoms with Crippen LogP contribution in [-0.2, 0) is 15.8 Å². The Hall–Kier alpha value is -3.23. The van der Waals surface area contributed by atoms with E-state index >= 15 is 0 Å². The molecule has 1 saturated heterocycles. The number of halogens is 3. The van der Waals surface area contributed by atoms with Gasteiger partial charge in [0.15, 0.2) is 11.5 Å². The maximum atomic E-state index is 12.9. The average molecular weight is 420 g/mol. The van der Waals surface area contributed by atoms with Crippen LogP contribution in [0.3, 0.4) is 0 Å². The van der Waals surface area contributed by atoms with E-state index in [0.29, 0.717) is 22.7 Å². The van der Waals surface area contributed by atoms with Gasteiger partial charge in [-0.2, -0.15) is 13.2 Å². The lowest BCUT2D eigenvalue weighted by Gasteiger charge is -2.19. The molecule has 2 aliphatic rings. The summed E-state index contributed by atoms with van der Waals surface area (Å²) in [6.45, 7) is 1.91. The second kappa shape index (κ2) is 7.55. The SMILES string of the molecule is C[C@@H](NC(=O)[C@@H]1CC(=O)N(c2ccc3c(c2)OCO3)C1)c1cccc(C(F)(F)F)c1. The number of anilines is 1. The first-order valence-corrected chi connectivity index (χ1v) is 9.40. The molecular weight excluding hydrogens is 401 g/mol. The third-order valence-electron chi connectivity index (χ3n) is 5.24. The molecule has 158 valence electrons. The van der Waals surface area contributed by atoms with Crippen molar-refractivity contribution >= 4 is 17.5 Å². The summed E-state index contributed by atoms with van der Waals surface area (Å²) in [6, 6.07) is 9.31. The number of benzene rings is 2. The zero-order chi connectivity index (χ0) is 21.5. The van der Waals surface area contributed by atoms with E-state index in [1.54, 1.807) is 25.1 Å². The Balaban J connectivity index is 1.43. The fourth-order valence-electron chi connectivity index (χ4n) is 3.58. The van der Waals surface area contributed by atoms with Crippen LogP contribution in [0, 0.1) is 5.92 Å². The number of amides is 2. The van der Waals surface area contributed by atoms with Crippen molar-refractivity contribution in [2.45, 2.75) is 25.6 Å². The number of fused-ring (bicyclic) bond motifs is 1. The molecule has 0 aliphatic carbocycles. The monoisotopic (exact) mass is 420 g/mol. The number of hydrogen-bond donors (Lipinski definition) is 1. The normalized spacial score (nSPS) is 19.1. The van der Waals surface area contributed by atoms with Gasteiger partial charge in [-0.15, -0.1) is 0 Å². The number of nitrogens with one attached hydrogen (secondary N) is 1. The van der Waals surface area contributed by atoms with Crippen molar-refractivity contribution in [2.24, 2.45) is 5.92 Å². The van der Waals surface area contributed by atoms with Gasteiger partial charge in [0, 0.05) is 24.7 Å². The van der Waals surface area contributed by atoms with E-state index < -0.39 is 23.7 Å². The fourth-order valence-corrected chi connectivity index (χ4v) is 3.58. The summed E-state index contributed by atoms with van der Waals surface area (Å²) in [5, 5.41) is 2.72. The van der Waals surface area contributed by atoms with Crippen molar-refractivity contribution in [3.05, 3.63) is 53.6 Å². The molecule has 0 aromatic heterocycles. The van der Waals surface area contributed by atoms with Gasteiger partial charge in [-0.25, -0.2) is 0 Å². The number of alkyl halides is 3. The van der Waals surface area contributed by atoms with Crippen LogP contribution in [0.15, 0.2) is 42.5 Å². The van der Waals surface area contributed by atoms with Gasteiger partial charge in [0.25, 0.3) is 0 Å². The first-order chi connectivity index (χ1) is 14.2. The highest BCUT2D eigenvalue weighted by atomic mass is 19.4. The minimum atomic E-state index is -4.46. The molecule has 1 N–H and O–H groups in total. The summed E-state index contributed by atoms with van der Waals surface area (Å²) in [5.74, 6) is -0.0608. The Morgan fingerprint density at radius 3 is 2.70 bits per heavy atom. The molecule has 6 nitrogen and oxygen atoms in total. The highest BCUT2D eigenvalue weighted by molar-refractivity contribution is 6.00. The van der Waals surface area contributed by atoms with E-state index in [2.05, 4.69) is 5.32 Å². The van der Waals surface area contributed by atoms with Crippen LogP contribution in [0.1, 0.15) is 30.5 Å². The zero-order valence-electron chi connectivity index (χ0n) is 16.0. The van der Waals surface area contributed by atoms with Crippen LogP contribution in [0.5, 0.6) is 11.5 Å². The number of rotatable bonds is 4. The lowest BCUT2D eigenvalue weighted by atomic mass is 10.0. The maximum Gasteiger partial charge on any atom is 0.416 e. The standard InChI is InChI=1S/C21H19F3N2O4/c1-12(13-3-2-4-15(7-13)21(22,23)24)25-20(28)14-8-19(27)26(10-14)16-5-6-17-18(9-16)30-11-29-17/h2-7,9,12,14H,8,10-11H2,1H3,(H,25,28)/t12-,14-/m1/s1. The molecular formula is C21H19F3N2O4. The zero-order valence-corrected chi connectivity index (χ0v) is 16.0. The van der Waals surface area contributed by atoms with Gasteiger partial charge in [0.1, 0.15) is 0 Å². The molecule has 2 aromatic rings. The van der Waals surface area contributed by atoms with Crippen LogP contribution in [0.4, 0.5) is 18.9 Å². The van der Waals surface area contributed by atoms with Crippen LogP contribution in [-0.4, -0.2) is 25.2 Å². The molecule has 30 heavy (non-hydrogen) atoms. The number of carbonyl (C=O) groups excluding carboxylic acids is 2. The predicted octanol–water partition coefficient (Wildman–Crippen LogP) is 3.66. The first kappa shape index (κ1) is 20.1. The highest BCUT2D eigenvalue weighted by Crippen LogP contribution is 2.37. The maximum absolute atomic E-state index is 12.9. The quantitative estimate of drug-likeness (QED) is 0.820. The summed E-state index contributed by atoms with van der Waals surface area (Å²) >= 11 is 0. The van der Waals surface area contributed by atoms with Gasteiger partial charge in [-0.1, -0.05) is 12.1 Å². The molecule has 2 aliphatic heterocycles. The van der Waals surface area contributed by atoms with Crippen LogP contribution >= 0.6 is 0 Å². The molecule has 0 unspecified atom stereocenters. The van der Waals surface area contributed by atoms with Crippen LogP contribution in [0.2, 0.25) is 0 Å². The van der Waals surface area contributed by atoms with Gasteiger partial charge >= 0.3 is 6.18 Å². The van der Waals surface area contributed by atoms with Crippen LogP contribution < -0.4 is 19.7 Å². The van der Waals surface area contributed by atoms with Crippen molar-refractivity contribution in [3.8, 4) is 11.5 Å². The van der Waals surface area contributed by atoms with Gasteiger partial charge in [0.05, 0.1) is 17.5 Å². The molecule has 2 amide bonds. The van der Waals surface area contributed by atoms with Crippen molar-refractivity contribution in [2.75, 3.05) is 18.2 Å². The topological polar surface area (TPSA) is 67.9 Å². The van der Waals surface area contributed by atoms with E-state index in [1.165, 1.54) is 17.0 Å². The Kier molecular flexibility index (Phi) is 5.05. The van der Waals surface area contributed by atoms with Crippen molar-refractivity contribution < 1.29 is 32.2 Å². The second-order valence-electron chi connectivity index (χ2n) is 7.30. The lowest BCUT2D eigenvalue weighted by Crippen LogP contribution is -2.34. The van der Waals surface area contributed by atoms with Crippen molar-refractivity contribution in [1.29, 1.82) is 0 Å². The van der Waals surface area contributed by atoms with E-state index in [-0.39, 0.29) is 31.6 Å². The molecule has 0 radical (unpaired) electrons. The Morgan fingerprint density at radius 1 is 1.17 bits per heavy atom. The number of hydrogen-bond acceptors (Lipinski definition) is 4. The summed E-state index contributed by atoms with van der Waals surface area (Å²) in [5.41, 5.74) is 0.173. The van der Waals surface area contributed by atoms with E-state index in [4.69, 9.17) is 9.47 Å². The minimum Gasteiger partial charge on any atom is -0.454 e. The lowest BCUT2D eigenvalue weighted by molar-refractivity contribution is -0.137. The number of ether oxygens (including phenoxy) is 2. The third-order valence-corrected chi connectivity index (χ3v) is 5.24. The molecule has 2 atom stereocenters. The molecule has 2 aromatic carbocycles. The third kappa shape index (κ3) is 3.92. The molecule has 0 spiro atoms. The molecule has 4 rings (SSSR count). The predicted molar refractivity (Wildman–Crippen MR) is 101 cm³/mol. The summed E-state index contributed by atoms with van der Waals surface area (Å²) in [6.07, 6.45) is -4.43. The Labute approximate surface area is 170 Å². The second-order valence-corrected chi connectivity index (χ2v) is 7.30. The van der Waals surface area contributed by atoms with E-state index in [9.17, 15) is 22.8 Å². The molecule has 0 saturated carbocycles. The molecule has 1 fully saturated rings. The molecule has 9 heteroatoms. The van der Waals surface area contributed by atoms with Crippen molar-refractivity contribution in [3.63, 3.8) is 0 Å². The summed E-state index contributed by atoms with van der Waals surface area (Å²) in [4.78, 5) is 26.6. The number of carbonyl (C=O) groups is 2. The van der Waals surface area contributed by atoms with Gasteiger partial charge < -0.3 is 19.7 Å². The highest BCUT2D eigenvalue weighted by Gasteiger charge is 2.36. The first-order valence-electron chi connectivity index (χ1n) is 9.40.